The van der Waals surface area contributed by atoms with Crippen molar-refractivity contribution in [3.8, 4) is 5.75 Å². The standard InChI is InChI=1S/C10H13ClO3S/c1-5-2-6(3-7(11)9(5)13)10(14)8(12)4-15/h2-3,8,10,12-15H,4H2,1H3. The highest BCUT2D eigenvalue weighted by Gasteiger charge is 2.18. The van der Waals surface area contributed by atoms with Crippen molar-refractivity contribution in [1.29, 1.82) is 0 Å². The van der Waals surface area contributed by atoms with Gasteiger partial charge in [0.15, 0.2) is 0 Å². The number of phenols is 1. The fraction of sp³-hybridized carbons (Fsp3) is 0.400. The predicted molar refractivity (Wildman–Crippen MR) is 62.7 cm³/mol. The number of aliphatic hydroxyl groups is 2. The summed E-state index contributed by atoms with van der Waals surface area (Å²) in [5, 5.41) is 28.7. The Labute approximate surface area is 98.7 Å². The zero-order valence-electron chi connectivity index (χ0n) is 8.18. The van der Waals surface area contributed by atoms with Gasteiger partial charge in [-0.15, -0.1) is 0 Å². The Balaban J connectivity index is 3.06. The minimum atomic E-state index is -1.04. The third-order valence-electron chi connectivity index (χ3n) is 2.17. The Morgan fingerprint density at radius 1 is 1.40 bits per heavy atom. The van der Waals surface area contributed by atoms with E-state index >= 15 is 0 Å². The molecule has 1 rings (SSSR count). The number of halogens is 1. The van der Waals surface area contributed by atoms with Crippen LogP contribution in [0.5, 0.6) is 5.75 Å². The molecular weight excluding hydrogens is 236 g/mol. The van der Waals surface area contributed by atoms with Crippen LogP contribution in [0.15, 0.2) is 12.1 Å². The van der Waals surface area contributed by atoms with Crippen LogP contribution >= 0.6 is 24.2 Å². The van der Waals surface area contributed by atoms with Crippen LogP contribution in [0.3, 0.4) is 0 Å². The summed E-state index contributed by atoms with van der Waals surface area (Å²) in [6.45, 7) is 1.67. The molecule has 0 aliphatic carbocycles. The van der Waals surface area contributed by atoms with Crippen molar-refractivity contribution in [2.45, 2.75) is 19.1 Å². The van der Waals surface area contributed by atoms with Crippen molar-refractivity contribution in [3.05, 3.63) is 28.3 Å². The Kier molecular flexibility index (Phi) is 4.28. The molecule has 2 atom stereocenters. The fourth-order valence-corrected chi connectivity index (χ4v) is 1.73. The monoisotopic (exact) mass is 248 g/mol. The molecule has 0 heterocycles. The maximum absolute atomic E-state index is 9.69. The van der Waals surface area contributed by atoms with E-state index in [1.54, 1.807) is 13.0 Å². The van der Waals surface area contributed by atoms with Crippen LogP contribution in [0.1, 0.15) is 17.2 Å². The van der Waals surface area contributed by atoms with E-state index in [1.807, 2.05) is 0 Å². The Morgan fingerprint density at radius 3 is 2.47 bits per heavy atom. The molecule has 1 aromatic rings. The van der Waals surface area contributed by atoms with Crippen LogP contribution in [0.4, 0.5) is 0 Å². The van der Waals surface area contributed by atoms with Crippen molar-refractivity contribution >= 4 is 24.2 Å². The Bertz CT molecular complexity index is 334. The topological polar surface area (TPSA) is 60.7 Å². The average molecular weight is 249 g/mol. The number of aryl methyl sites for hydroxylation is 1. The number of thiol groups is 1. The van der Waals surface area contributed by atoms with Gasteiger partial charge in [-0.25, -0.2) is 0 Å². The minimum Gasteiger partial charge on any atom is -0.506 e. The lowest BCUT2D eigenvalue weighted by molar-refractivity contribution is 0.0337. The number of hydrogen-bond acceptors (Lipinski definition) is 4. The first kappa shape index (κ1) is 12.6. The predicted octanol–water partition coefficient (Wildman–Crippen LogP) is 1.68. The number of rotatable bonds is 3. The summed E-state index contributed by atoms with van der Waals surface area (Å²) in [7, 11) is 0. The molecule has 0 aromatic heterocycles. The SMILES string of the molecule is Cc1cc(C(O)C(O)CS)cc(Cl)c1O. The van der Waals surface area contributed by atoms with E-state index in [4.69, 9.17) is 11.6 Å². The zero-order chi connectivity index (χ0) is 11.6. The first-order chi connectivity index (χ1) is 6.97. The van der Waals surface area contributed by atoms with Gasteiger partial charge in [-0.05, 0) is 30.2 Å². The van der Waals surface area contributed by atoms with E-state index in [-0.39, 0.29) is 16.5 Å². The summed E-state index contributed by atoms with van der Waals surface area (Å²) in [5.74, 6) is 0.145. The molecule has 84 valence electrons. The number of benzene rings is 1. The molecule has 0 saturated heterocycles. The molecule has 15 heavy (non-hydrogen) atoms. The van der Waals surface area contributed by atoms with Crippen LogP contribution in [0.2, 0.25) is 5.02 Å². The molecule has 2 unspecified atom stereocenters. The van der Waals surface area contributed by atoms with E-state index in [9.17, 15) is 15.3 Å². The van der Waals surface area contributed by atoms with Crippen LogP contribution in [0, 0.1) is 6.92 Å². The molecule has 0 fully saturated rings. The summed E-state index contributed by atoms with van der Waals surface area (Å²) in [5.41, 5.74) is 1.03. The lowest BCUT2D eigenvalue weighted by atomic mass is 10.0. The maximum Gasteiger partial charge on any atom is 0.137 e. The average Bonchev–Trinajstić information content (AvgIpc) is 2.23. The molecule has 3 nitrogen and oxygen atoms in total. The van der Waals surface area contributed by atoms with Gasteiger partial charge in [0.2, 0.25) is 0 Å². The molecule has 0 radical (unpaired) electrons. The number of aliphatic hydroxyl groups excluding tert-OH is 2. The second kappa shape index (κ2) is 5.07. The highest BCUT2D eigenvalue weighted by Crippen LogP contribution is 2.31. The molecule has 0 amide bonds. The van der Waals surface area contributed by atoms with Crippen molar-refractivity contribution in [2.24, 2.45) is 0 Å². The van der Waals surface area contributed by atoms with Gasteiger partial charge in [0.1, 0.15) is 11.9 Å². The van der Waals surface area contributed by atoms with Gasteiger partial charge in [0, 0.05) is 5.75 Å². The fourth-order valence-electron chi connectivity index (χ4n) is 1.26. The molecule has 0 spiro atoms. The van der Waals surface area contributed by atoms with Crippen LogP contribution in [0.25, 0.3) is 0 Å². The van der Waals surface area contributed by atoms with E-state index in [1.165, 1.54) is 6.07 Å². The summed E-state index contributed by atoms with van der Waals surface area (Å²) < 4.78 is 0. The summed E-state index contributed by atoms with van der Waals surface area (Å²) in [6.07, 6.45) is -1.99. The second-order valence-corrected chi connectivity index (χ2v) is 4.14. The van der Waals surface area contributed by atoms with Gasteiger partial charge in [-0.3, -0.25) is 0 Å². The van der Waals surface area contributed by atoms with E-state index in [0.29, 0.717) is 11.1 Å². The highest BCUT2D eigenvalue weighted by molar-refractivity contribution is 7.80. The first-order valence-corrected chi connectivity index (χ1v) is 5.44. The third-order valence-corrected chi connectivity index (χ3v) is 2.83. The van der Waals surface area contributed by atoms with Gasteiger partial charge < -0.3 is 15.3 Å². The Hall–Kier alpha value is -0.420. The van der Waals surface area contributed by atoms with Crippen molar-refractivity contribution in [3.63, 3.8) is 0 Å². The molecule has 1 aromatic carbocycles. The first-order valence-electron chi connectivity index (χ1n) is 4.43. The van der Waals surface area contributed by atoms with Gasteiger partial charge in [-0.1, -0.05) is 11.6 Å². The summed E-state index contributed by atoms with van der Waals surface area (Å²) in [6, 6.07) is 3.01. The van der Waals surface area contributed by atoms with Gasteiger partial charge in [-0.2, -0.15) is 12.6 Å². The van der Waals surface area contributed by atoms with E-state index < -0.39 is 12.2 Å². The largest absolute Gasteiger partial charge is 0.506 e. The second-order valence-electron chi connectivity index (χ2n) is 3.36. The summed E-state index contributed by atoms with van der Waals surface area (Å²) in [4.78, 5) is 0. The maximum atomic E-state index is 9.69. The molecular formula is C10H13ClO3S. The van der Waals surface area contributed by atoms with Crippen molar-refractivity contribution in [2.75, 3.05) is 5.75 Å². The number of phenolic OH excluding ortho intramolecular Hbond substituents is 1. The van der Waals surface area contributed by atoms with Gasteiger partial charge >= 0.3 is 0 Å². The molecule has 0 aliphatic heterocycles. The van der Waals surface area contributed by atoms with E-state index in [2.05, 4.69) is 12.6 Å². The Morgan fingerprint density at radius 2 is 2.00 bits per heavy atom. The van der Waals surface area contributed by atoms with E-state index in [0.717, 1.165) is 0 Å². The zero-order valence-corrected chi connectivity index (χ0v) is 9.83. The lowest BCUT2D eigenvalue weighted by Crippen LogP contribution is -2.19. The minimum absolute atomic E-state index is 0.00650. The smallest absolute Gasteiger partial charge is 0.137 e. The molecule has 5 heteroatoms. The molecule has 0 aliphatic rings. The van der Waals surface area contributed by atoms with Crippen molar-refractivity contribution < 1.29 is 15.3 Å². The highest BCUT2D eigenvalue weighted by atomic mass is 35.5. The third kappa shape index (κ3) is 2.78. The van der Waals surface area contributed by atoms with Crippen LogP contribution in [-0.2, 0) is 0 Å². The van der Waals surface area contributed by atoms with Crippen molar-refractivity contribution in [1.82, 2.24) is 0 Å². The lowest BCUT2D eigenvalue weighted by Gasteiger charge is -2.17. The van der Waals surface area contributed by atoms with Gasteiger partial charge in [0.25, 0.3) is 0 Å². The molecule has 0 saturated carbocycles. The van der Waals surface area contributed by atoms with Gasteiger partial charge in [0.05, 0.1) is 11.1 Å². The normalized spacial score (nSPS) is 15.0. The molecule has 3 N–H and O–H groups in total. The summed E-state index contributed by atoms with van der Waals surface area (Å²) >= 11 is 9.63. The van der Waals surface area contributed by atoms with Crippen LogP contribution < -0.4 is 0 Å². The number of aromatic hydroxyl groups is 1. The number of hydrogen-bond donors (Lipinski definition) is 4. The van der Waals surface area contributed by atoms with Crippen LogP contribution in [-0.4, -0.2) is 27.2 Å². The quantitative estimate of drug-likeness (QED) is 0.616. The molecule has 0 bridgehead atoms.